The number of fused-ring (bicyclic) bond motifs is 1. The standard InChI is InChI=1S/C37H43NO.2C2H6/c1-26-21-31(22-29-17-19-38(20-18-29)25-30-9-13-33(14-10-30)34-15-16-34)23-35-5-3-4-6-36(35)37(26)24-28-7-11-32(12-8-28)27(2)39;2*1-2/h3-14,29,31,34H,15-25H2,1-2H3;2*1-2H3. The average Bonchev–Trinajstić information content (AvgIpc) is 3.90. The van der Waals surface area contributed by atoms with Gasteiger partial charge in [0.05, 0.1) is 0 Å². The number of hydrogen-bond donors (Lipinski definition) is 0. The number of allylic oxidation sites excluding steroid dienone is 2. The Morgan fingerprint density at radius 3 is 2.00 bits per heavy atom. The molecule has 2 fully saturated rings. The maximum atomic E-state index is 11.7. The second kappa shape index (κ2) is 16.2. The summed E-state index contributed by atoms with van der Waals surface area (Å²) in [6.07, 6.45) is 10.1. The lowest BCUT2D eigenvalue weighted by molar-refractivity contribution is 0.101. The van der Waals surface area contributed by atoms with Crippen LogP contribution in [0.4, 0.5) is 0 Å². The summed E-state index contributed by atoms with van der Waals surface area (Å²) < 4.78 is 0. The molecule has 0 amide bonds. The summed E-state index contributed by atoms with van der Waals surface area (Å²) in [4.78, 5) is 14.4. The van der Waals surface area contributed by atoms with E-state index in [4.69, 9.17) is 0 Å². The Labute approximate surface area is 262 Å². The van der Waals surface area contributed by atoms with Crippen LogP contribution in [0.15, 0.2) is 78.4 Å². The van der Waals surface area contributed by atoms with Crippen LogP contribution >= 0.6 is 0 Å². The molecule has 43 heavy (non-hydrogen) atoms. The first-order chi connectivity index (χ1) is 21.0. The highest BCUT2D eigenvalue weighted by atomic mass is 16.1. The van der Waals surface area contributed by atoms with Gasteiger partial charge >= 0.3 is 0 Å². The van der Waals surface area contributed by atoms with Crippen molar-refractivity contribution in [3.63, 3.8) is 0 Å². The lowest BCUT2D eigenvalue weighted by atomic mass is 9.82. The van der Waals surface area contributed by atoms with Gasteiger partial charge in [-0.3, -0.25) is 9.69 Å². The van der Waals surface area contributed by atoms with Gasteiger partial charge in [-0.25, -0.2) is 0 Å². The fourth-order valence-electron chi connectivity index (χ4n) is 7.06. The van der Waals surface area contributed by atoms with Crippen molar-refractivity contribution in [3.05, 3.63) is 112 Å². The van der Waals surface area contributed by atoms with Crippen molar-refractivity contribution in [2.75, 3.05) is 13.1 Å². The van der Waals surface area contributed by atoms with Crippen LogP contribution in [-0.2, 0) is 19.4 Å². The molecule has 1 aliphatic heterocycles. The summed E-state index contributed by atoms with van der Waals surface area (Å²) in [5.41, 5.74) is 11.1. The number of rotatable bonds is 8. The highest BCUT2D eigenvalue weighted by Crippen LogP contribution is 2.40. The quantitative estimate of drug-likeness (QED) is 0.248. The Morgan fingerprint density at radius 2 is 1.37 bits per heavy atom. The van der Waals surface area contributed by atoms with Crippen molar-refractivity contribution in [1.82, 2.24) is 4.90 Å². The summed E-state index contributed by atoms with van der Waals surface area (Å²) in [7, 11) is 0. The number of likely N-dealkylation sites (tertiary alicyclic amines) is 1. The van der Waals surface area contributed by atoms with E-state index in [0.29, 0.717) is 0 Å². The fraction of sp³-hybridized carbons (Fsp3) is 0.488. The van der Waals surface area contributed by atoms with E-state index in [1.807, 2.05) is 39.8 Å². The number of piperidine rings is 1. The topological polar surface area (TPSA) is 20.3 Å². The second-order valence-corrected chi connectivity index (χ2v) is 12.6. The van der Waals surface area contributed by atoms with Crippen molar-refractivity contribution >= 4 is 11.4 Å². The smallest absolute Gasteiger partial charge is 0.159 e. The Hall–Kier alpha value is -2.97. The van der Waals surface area contributed by atoms with E-state index in [0.717, 1.165) is 36.3 Å². The SMILES string of the molecule is CC.CC.CC(=O)c1ccc(CC2=C(C)CC(CC3CCN(Cc4ccc(C5CC5)cc4)CC3)Cc3ccccc32)cc1. The van der Waals surface area contributed by atoms with E-state index in [9.17, 15) is 4.79 Å². The third-order valence-corrected chi connectivity index (χ3v) is 9.51. The molecule has 1 saturated heterocycles. The van der Waals surface area contributed by atoms with Crippen molar-refractivity contribution in [3.8, 4) is 0 Å². The molecule has 230 valence electrons. The van der Waals surface area contributed by atoms with Crippen LogP contribution in [0.5, 0.6) is 0 Å². The normalized spacial score (nSPS) is 18.9. The van der Waals surface area contributed by atoms with Crippen LogP contribution < -0.4 is 0 Å². The molecule has 1 unspecified atom stereocenters. The number of nitrogens with zero attached hydrogens (tertiary/aromatic N) is 1. The number of benzene rings is 3. The van der Waals surface area contributed by atoms with Crippen LogP contribution in [0.25, 0.3) is 5.57 Å². The molecule has 1 saturated carbocycles. The molecular weight excluding hydrogens is 522 g/mol. The lowest BCUT2D eigenvalue weighted by Crippen LogP contribution is -2.34. The van der Waals surface area contributed by atoms with Crippen LogP contribution in [0.3, 0.4) is 0 Å². The minimum absolute atomic E-state index is 0.132. The minimum atomic E-state index is 0.132. The predicted molar refractivity (Wildman–Crippen MR) is 185 cm³/mol. The van der Waals surface area contributed by atoms with Crippen LogP contribution in [0, 0.1) is 11.8 Å². The van der Waals surface area contributed by atoms with Gasteiger partial charge in [0.1, 0.15) is 0 Å². The molecule has 2 heteroatoms. The zero-order valence-electron chi connectivity index (χ0n) is 27.8. The van der Waals surface area contributed by atoms with Crippen LogP contribution in [0.2, 0.25) is 0 Å². The Morgan fingerprint density at radius 1 is 0.744 bits per heavy atom. The zero-order valence-corrected chi connectivity index (χ0v) is 27.8. The molecule has 3 aliphatic rings. The van der Waals surface area contributed by atoms with Gasteiger partial charge in [-0.2, -0.15) is 0 Å². The number of hydrogen-bond acceptors (Lipinski definition) is 2. The highest BCUT2D eigenvalue weighted by molar-refractivity contribution is 5.94. The van der Waals surface area contributed by atoms with Crippen molar-refractivity contribution < 1.29 is 4.79 Å². The molecule has 0 bridgehead atoms. The Bertz CT molecular complexity index is 1320. The first kappa shape index (κ1) is 32.9. The van der Waals surface area contributed by atoms with Crippen molar-refractivity contribution in [2.24, 2.45) is 11.8 Å². The van der Waals surface area contributed by atoms with Gasteiger partial charge in [-0.15, -0.1) is 0 Å². The first-order valence-corrected chi connectivity index (χ1v) is 17.2. The second-order valence-electron chi connectivity index (χ2n) is 12.6. The summed E-state index contributed by atoms with van der Waals surface area (Å²) >= 11 is 0. The van der Waals surface area contributed by atoms with Gasteiger partial charge in [0.25, 0.3) is 0 Å². The Balaban J connectivity index is 0.00000102. The third-order valence-electron chi connectivity index (χ3n) is 9.51. The van der Waals surface area contributed by atoms with E-state index in [-0.39, 0.29) is 5.78 Å². The molecule has 3 aromatic carbocycles. The molecule has 1 atom stereocenters. The maximum absolute atomic E-state index is 11.7. The van der Waals surface area contributed by atoms with Crippen molar-refractivity contribution in [1.29, 1.82) is 0 Å². The largest absolute Gasteiger partial charge is 0.299 e. The summed E-state index contributed by atoms with van der Waals surface area (Å²) in [5, 5.41) is 0. The van der Waals surface area contributed by atoms with E-state index in [2.05, 4.69) is 72.5 Å². The summed E-state index contributed by atoms with van der Waals surface area (Å²) in [6.45, 7) is 15.6. The molecule has 2 nitrogen and oxygen atoms in total. The van der Waals surface area contributed by atoms with E-state index >= 15 is 0 Å². The molecule has 3 aromatic rings. The molecule has 0 radical (unpaired) electrons. The zero-order chi connectivity index (χ0) is 30.8. The van der Waals surface area contributed by atoms with Gasteiger partial charge in [0.15, 0.2) is 5.78 Å². The highest BCUT2D eigenvalue weighted by Gasteiger charge is 2.27. The molecular formula is C41H55NO. The van der Waals surface area contributed by atoms with Gasteiger partial charge in [0, 0.05) is 12.1 Å². The number of carbonyl (C=O) groups is 1. The van der Waals surface area contributed by atoms with Gasteiger partial charge in [-0.05, 0) is 129 Å². The number of ketones is 1. The molecule has 0 spiro atoms. The van der Waals surface area contributed by atoms with Crippen molar-refractivity contribution in [2.45, 2.75) is 105 Å². The fourth-order valence-corrected chi connectivity index (χ4v) is 7.06. The first-order valence-electron chi connectivity index (χ1n) is 17.2. The molecule has 0 aromatic heterocycles. The molecule has 0 N–H and O–H groups in total. The van der Waals surface area contributed by atoms with Gasteiger partial charge in [0.2, 0.25) is 0 Å². The summed E-state index contributed by atoms with van der Waals surface area (Å²) in [6, 6.07) is 26.8. The number of carbonyl (C=O) groups excluding carboxylic acids is 1. The predicted octanol–water partition coefficient (Wildman–Crippen LogP) is 10.7. The third kappa shape index (κ3) is 9.02. The minimum Gasteiger partial charge on any atom is -0.299 e. The summed E-state index contributed by atoms with van der Waals surface area (Å²) in [5.74, 6) is 2.53. The molecule has 1 heterocycles. The molecule has 2 aliphatic carbocycles. The van der Waals surface area contributed by atoms with Gasteiger partial charge in [-0.1, -0.05) is 106 Å². The monoisotopic (exact) mass is 577 g/mol. The van der Waals surface area contributed by atoms with E-state index in [1.165, 1.54) is 85.9 Å². The van der Waals surface area contributed by atoms with E-state index < -0.39 is 0 Å². The maximum Gasteiger partial charge on any atom is 0.159 e. The van der Waals surface area contributed by atoms with Crippen LogP contribution in [0.1, 0.15) is 124 Å². The molecule has 6 rings (SSSR count). The lowest BCUT2D eigenvalue weighted by Gasteiger charge is -2.33. The van der Waals surface area contributed by atoms with E-state index in [1.54, 1.807) is 18.1 Å². The number of Topliss-reactive ketones (excluding diaryl/α,β-unsaturated/α-hetero) is 1. The average molecular weight is 578 g/mol. The van der Waals surface area contributed by atoms with Gasteiger partial charge < -0.3 is 0 Å². The van der Waals surface area contributed by atoms with Crippen LogP contribution in [-0.4, -0.2) is 23.8 Å². The Kier molecular flexibility index (Phi) is 12.4.